The highest BCUT2D eigenvalue weighted by Crippen LogP contribution is 2.37. The van der Waals surface area contributed by atoms with E-state index in [4.69, 9.17) is 4.98 Å². The van der Waals surface area contributed by atoms with Crippen LogP contribution in [0.25, 0.3) is 10.2 Å². The van der Waals surface area contributed by atoms with E-state index in [-0.39, 0.29) is 16.5 Å². The maximum atomic E-state index is 12.8. The van der Waals surface area contributed by atoms with Gasteiger partial charge in [0.25, 0.3) is 5.56 Å². The molecule has 3 aromatic heterocycles. The summed E-state index contributed by atoms with van der Waals surface area (Å²) in [5.74, 6) is 1.29. The second kappa shape index (κ2) is 7.87. The van der Waals surface area contributed by atoms with Gasteiger partial charge in [-0.25, -0.2) is 14.9 Å². The molecule has 0 radical (unpaired) electrons. The molecule has 0 unspecified atom stereocenters. The fourth-order valence-corrected chi connectivity index (χ4v) is 6.01. The molecule has 1 aliphatic carbocycles. The topological polar surface area (TPSA) is 96.4 Å². The summed E-state index contributed by atoms with van der Waals surface area (Å²) in [5.41, 5.74) is 0.949. The van der Waals surface area contributed by atoms with E-state index in [2.05, 4.69) is 29.0 Å². The van der Waals surface area contributed by atoms with Crippen molar-refractivity contribution in [3.05, 3.63) is 37.1 Å². The van der Waals surface area contributed by atoms with Gasteiger partial charge in [0.15, 0.2) is 5.16 Å². The van der Waals surface area contributed by atoms with Gasteiger partial charge in [-0.2, -0.15) is 0 Å². The first kappa shape index (κ1) is 19.4. The molecule has 4 rings (SSSR count). The van der Waals surface area contributed by atoms with Crippen LogP contribution >= 0.6 is 23.1 Å². The first-order valence-corrected chi connectivity index (χ1v) is 11.5. The third-order valence-electron chi connectivity index (χ3n) is 5.31. The Kier molecular flexibility index (Phi) is 5.46. The molecule has 2 atom stereocenters. The van der Waals surface area contributed by atoms with E-state index in [0.717, 1.165) is 42.3 Å². The fourth-order valence-electron chi connectivity index (χ4n) is 3.68. The van der Waals surface area contributed by atoms with Gasteiger partial charge in [0.1, 0.15) is 10.7 Å². The van der Waals surface area contributed by atoms with Crippen molar-refractivity contribution in [1.82, 2.24) is 24.7 Å². The Morgan fingerprint density at radius 2 is 2.21 bits per heavy atom. The predicted molar refractivity (Wildman–Crippen MR) is 113 cm³/mol. The van der Waals surface area contributed by atoms with Crippen molar-refractivity contribution in [2.75, 3.05) is 0 Å². The number of H-pyrrole nitrogens is 2. The van der Waals surface area contributed by atoms with Crippen molar-refractivity contribution in [2.45, 2.75) is 69.8 Å². The van der Waals surface area contributed by atoms with Crippen LogP contribution < -0.4 is 11.2 Å². The van der Waals surface area contributed by atoms with Crippen LogP contribution in [0.1, 0.15) is 61.5 Å². The molecule has 0 aromatic carbocycles. The molecule has 0 amide bonds. The lowest BCUT2D eigenvalue weighted by atomic mass is 9.89. The van der Waals surface area contributed by atoms with Gasteiger partial charge in [-0.3, -0.25) is 9.36 Å². The lowest BCUT2D eigenvalue weighted by Gasteiger charge is -2.17. The summed E-state index contributed by atoms with van der Waals surface area (Å²) >= 11 is 3.10. The van der Waals surface area contributed by atoms with Crippen LogP contribution in [-0.4, -0.2) is 24.7 Å². The van der Waals surface area contributed by atoms with Crippen LogP contribution in [-0.2, 0) is 19.4 Å². The SMILES string of the molecule is CCCCn1c(S[C@@H](C)c2nc3sc4c(c3c(=O)[nH]2)CC[C@@H](C)C4)n[nH]c1=O. The minimum absolute atomic E-state index is 0.0510. The Morgan fingerprint density at radius 1 is 1.39 bits per heavy atom. The van der Waals surface area contributed by atoms with E-state index in [1.807, 2.05) is 6.92 Å². The van der Waals surface area contributed by atoms with Gasteiger partial charge < -0.3 is 4.98 Å². The summed E-state index contributed by atoms with van der Waals surface area (Å²) in [4.78, 5) is 34.7. The number of aromatic amines is 2. The Balaban J connectivity index is 1.65. The number of unbranched alkanes of at least 4 members (excludes halogenated alkanes) is 1. The van der Waals surface area contributed by atoms with Gasteiger partial charge in [0, 0.05) is 11.4 Å². The molecule has 0 saturated heterocycles. The molecule has 3 heterocycles. The molecule has 0 fully saturated rings. The van der Waals surface area contributed by atoms with Crippen molar-refractivity contribution in [3.63, 3.8) is 0 Å². The first-order valence-electron chi connectivity index (χ1n) is 9.84. The third-order valence-corrected chi connectivity index (χ3v) is 7.56. The van der Waals surface area contributed by atoms with E-state index >= 15 is 0 Å². The van der Waals surface area contributed by atoms with Gasteiger partial charge in [-0.05, 0) is 44.1 Å². The van der Waals surface area contributed by atoms with Crippen LogP contribution in [0.15, 0.2) is 14.7 Å². The number of fused-ring (bicyclic) bond motifs is 3. The van der Waals surface area contributed by atoms with E-state index in [1.165, 1.54) is 22.2 Å². The monoisotopic (exact) mass is 419 g/mol. The zero-order valence-corrected chi connectivity index (χ0v) is 18.0. The van der Waals surface area contributed by atoms with Crippen molar-refractivity contribution in [1.29, 1.82) is 0 Å². The third kappa shape index (κ3) is 3.57. The molecule has 7 nitrogen and oxygen atoms in total. The molecule has 150 valence electrons. The molecule has 9 heteroatoms. The zero-order chi connectivity index (χ0) is 19.8. The normalized spacial score (nSPS) is 17.8. The zero-order valence-electron chi connectivity index (χ0n) is 16.4. The first-order chi connectivity index (χ1) is 13.5. The van der Waals surface area contributed by atoms with Crippen LogP contribution in [0.2, 0.25) is 0 Å². The fraction of sp³-hybridized carbons (Fsp3) is 0.579. The molecular formula is C19H25N5O2S2. The number of thiophene rings is 1. The van der Waals surface area contributed by atoms with Crippen LogP contribution in [0.4, 0.5) is 0 Å². The number of aryl methyl sites for hydroxylation is 1. The number of nitrogens with zero attached hydrogens (tertiary/aromatic N) is 3. The van der Waals surface area contributed by atoms with Crippen LogP contribution in [0, 0.1) is 5.92 Å². The summed E-state index contributed by atoms with van der Waals surface area (Å²) in [6, 6.07) is 0. The number of nitrogens with one attached hydrogen (secondary N) is 2. The Labute approximate surface area is 171 Å². The van der Waals surface area contributed by atoms with Gasteiger partial charge in [-0.1, -0.05) is 32.0 Å². The second-order valence-corrected chi connectivity index (χ2v) is 9.95. The minimum atomic E-state index is -0.194. The van der Waals surface area contributed by atoms with E-state index in [0.29, 0.717) is 23.4 Å². The number of thioether (sulfide) groups is 1. The summed E-state index contributed by atoms with van der Waals surface area (Å²) in [6.07, 6.45) is 5.04. The minimum Gasteiger partial charge on any atom is -0.309 e. The highest BCUT2D eigenvalue weighted by atomic mass is 32.2. The Morgan fingerprint density at radius 3 is 3.00 bits per heavy atom. The summed E-state index contributed by atoms with van der Waals surface area (Å²) in [7, 11) is 0. The number of aromatic nitrogens is 5. The molecule has 1 aliphatic rings. The quantitative estimate of drug-likeness (QED) is 0.595. The largest absolute Gasteiger partial charge is 0.343 e. The molecule has 0 bridgehead atoms. The lowest BCUT2D eigenvalue weighted by molar-refractivity contribution is 0.509. The van der Waals surface area contributed by atoms with Gasteiger partial charge in [0.2, 0.25) is 0 Å². The summed E-state index contributed by atoms with van der Waals surface area (Å²) in [5, 5.41) is 7.96. The average Bonchev–Trinajstić information content (AvgIpc) is 3.19. The highest BCUT2D eigenvalue weighted by Gasteiger charge is 2.24. The number of rotatable bonds is 6. The van der Waals surface area contributed by atoms with E-state index < -0.39 is 0 Å². The van der Waals surface area contributed by atoms with Crippen molar-refractivity contribution < 1.29 is 0 Å². The van der Waals surface area contributed by atoms with E-state index in [9.17, 15) is 9.59 Å². The van der Waals surface area contributed by atoms with Gasteiger partial charge in [-0.15, -0.1) is 16.4 Å². The predicted octanol–water partition coefficient (Wildman–Crippen LogP) is 3.65. The number of hydrogen-bond donors (Lipinski definition) is 2. The smallest absolute Gasteiger partial charge is 0.309 e. The highest BCUT2D eigenvalue weighted by molar-refractivity contribution is 7.99. The van der Waals surface area contributed by atoms with Crippen LogP contribution in [0.5, 0.6) is 0 Å². The second-order valence-electron chi connectivity index (χ2n) is 7.56. The standard InChI is InChI=1S/C19H25N5O2S2/c1-4-5-8-24-18(26)22-23-19(24)27-11(3)15-20-16(25)14-12-7-6-10(2)9-13(12)28-17(14)21-15/h10-11H,4-9H2,1-3H3,(H,22,26)(H,20,21,25)/t10-,11+/m1/s1. The van der Waals surface area contributed by atoms with Gasteiger partial charge >= 0.3 is 5.69 Å². The molecular weight excluding hydrogens is 394 g/mol. The lowest BCUT2D eigenvalue weighted by Crippen LogP contribution is -2.18. The van der Waals surface area contributed by atoms with Crippen molar-refractivity contribution in [3.8, 4) is 0 Å². The maximum Gasteiger partial charge on any atom is 0.343 e. The molecule has 0 aliphatic heterocycles. The Hall–Kier alpha value is -1.87. The Bertz CT molecular complexity index is 1110. The van der Waals surface area contributed by atoms with E-state index in [1.54, 1.807) is 15.9 Å². The van der Waals surface area contributed by atoms with Crippen molar-refractivity contribution >= 4 is 33.3 Å². The maximum absolute atomic E-state index is 12.8. The van der Waals surface area contributed by atoms with Gasteiger partial charge in [0.05, 0.1) is 10.6 Å². The van der Waals surface area contributed by atoms with Crippen molar-refractivity contribution in [2.24, 2.45) is 5.92 Å². The molecule has 2 N–H and O–H groups in total. The molecule has 28 heavy (non-hydrogen) atoms. The number of hydrogen-bond acceptors (Lipinski definition) is 6. The molecule has 0 saturated carbocycles. The summed E-state index contributed by atoms with van der Waals surface area (Å²) in [6.45, 7) is 6.97. The molecule has 3 aromatic rings. The van der Waals surface area contributed by atoms with Crippen LogP contribution in [0.3, 0.4) is 0 Å². The average molecular weight is 420 g/mol. The summed E-state index contributed by atoms with van der Waals surface area (Å²) < 4.78 is 1.66. The molecule has 0 spiro atoms.